The van der Waals surface area contributed by atoms with Crippen LogP contribution in [0.3, 0.4) is 0 Å². The van der Waals surface area contributed by atoms with Crippen molar-refractivity contribution < 1.29 is 4.74 Å². The summed E-state index contributed by atoms with van der Waals surface area (Å²) in [6.45, 7) is 0.582. The second-order valence-electron chi connectivity index (χ2n) is 3.06. The predicted molar refractivity (Wildman–Crippen MR) is 56.8 cm³/mol. The summed E-state index contributed by atoms with van der Waals surface area (Å²) in [4.78, 5) is 4.34. The molecule has 3 nitrogen and oxygen atoms in total. The monoisotopic (exact) mass is 210 g/mol. The second-order valence-corrected chi connectivity index (χ2v) is 3.50. The Bertz CT molecular complexity index is 365. The number of hydrogen-bond acceptors (Lipinski definition) is 3. The molecule has 0 bridgehead atoms. The minimum Gasteiger partial charge on any atom is -0.474 e. The highest BCUT2D eigenvalue weighted by atomic mass is 35.5. The van der Waals surface area contributed by atoms with Crippen LogP contribution in [0.5, 0.6) is 0 Å². The molecule has 1 aliphatic heterocycles. The molecule has 1 aromatic carbocycles. The third kappa shape index (κ3) is 1.89. The van der Waals surface area contributed by atoms with Gasteiger partial charge in [0.2, 0.25) is 5.90 Å². The van der Waals surface area contributed by atoms with E-state index in [2.05, 4.69) is 10.3 Å². The third-order valence-corrected chi connectivity index (χ3v) is 2.29. The van der Waals surface area contributed by atoms with Gasteiger partial charge < -0.3 is 4.74 Å². The fourth-order valence-corrected chi connectivity index (χ4v) is 1.49. The third-order valence-electron chi connectivity index (χ3n) is 2.06. The standard InChI is InChI=1S/C10H11ClN2O/c1-12-9-6-14-10(13-9)7-3-2-4-8(11)5-7/h2-5,9,12H,6H2,1H3. The molecule has 0 saturated carbocycles. The van der Waals surface area contributed by atoms with Crippen molar-refractivity contribution in [2.45, 2.75) is 6.17 Å². The van der Waals surface area contributed by atoms with Crippen LogP contribution in [-0.2, 0) is 4.74 Å². The molecule has 2 rings (SSSR count). The number of ether oxygens (including phenoxy) is 1. The number of benzene rings is 1. The van der Waals surface area contributed by atoms with Gasteiger partial charge >= 0.3 is 0 Å². The Morgan fingerprint density at radius 2 is 2.43 bits per heavy atom. The maximum absolute atomic E-state index is 5.87. The van der Waals surface area contributed by atoms with Gasteiger partial charge in [-0.3, -0.25) is 5.32 Å². The van der Waals surface area contributed by atoms with Gasteiger partial charge in [0.05, 0.1) is 0 Å². The van der Waals surface area contributed by atoms with Crippen molar-refractivity contribution in [2.75, 3.05) is 13.7 Å². The van der Waals surface area contributed by atoms with E-state index in [-0.39, 0.29) is 6.17 Å². The molecule has 1 aromatic rings. The van der Waals surface area contributed by atoms with E-state index < -0.39 is 0 Å². The van der Waals surface area contributed by atoms with Crippen molar-refractivity contribution in [1.82, 2.24) is 5.32 Å². The minimum atomic E-state index is 0.0592. The first-order chi connectivity index (χ1) is 6.79. The van der Waals surface area contributed by atoms with Gasteiger partial charge in [0.25, 0.3) is 0 Å². The van der Waals surface area contributed by atoms with Gasteiger partial charge in [0, 0.05) is 10.6 Å². The molecule has 1 N–H and O–H groups in total. The van der Waals surface area contributed by atoms with Crippen molar-refractivity contribution >= 4 is 17.5 Å². The molecule has 0 fully saturated rings. The van der Waals surface area contributed by atoms with E-state index >= 15 is 0 Å². The average Bonchev–Trinajstić information content (AvgIpc) is 2.66. The molecule has 1 atom stereocenters. The van der Waals surface area contributed by atoms with E-state index in [1.807, 2.05) is 31.3 Å². The van der Waals surface area contributed by atoms with E-state index in [1.54, 1.807) is 0 Å². The molecule has 74 valence electrons. The summed E-state index contributed by atoms with van der Waals surface area (Å²) in [6.07, 6.45) is 0.0592. The fourth-order valence-electron chi connectivity index (χ4n) is 1.30. The van der Waals surface area contributed by atoms with Crippen molar-refractivity contribution in [3.05, 3.63) is 34.9 Å². The van der Waals surface area contributed by atoms with E-state index in [1.165, 1.54) is 0 Å². The zero-order valence-electron chi connectivity index (χ0n) is 7.83. The Morgan fingerprint density at radius 3 is 3.07 bits per heavy atom. The van der Waals surface area contributed by atoms with Gasteiger partial charge in [0.15, 0.2) is 0 Å². The molecule has 14 heavy (non-hydrogen) atoms. The Hall–Kier alpha value is -1.06. The van der Waals surface area contributed by atoms with Crippen LogP contribution in [0.25, 0.3) is 0 Å². The van der Waals surface area contributed by atoms with Crippen molar-refractivity contribution in [3.8, 4) is 0 Å². The normalized spacial score (nSPS) is 20.4. The summed E-state index contributed by atoms with van der Waals surface area (Å²) in [7, 11) is 1.86. The molecule has 0 aromatic heterocycles. The quantitative estimate of drug-likeness (QED) is 0.806. The van der Waals surface area contributed by atoms with Crippen LogP contribution in [0.1, 0.15) is 5.56 Å². The van der Waals surface area contributed by atoms with Gasteiger partial charge in [-0.15, -0.1) is 0 Å². The van der Waals surface area contributed by atoms with Crippen LogP contribution in [0.4, 0.5) is 0 Å². The van der Waals surface area contributed by atoms with E-state index in [0.29, 0.717) is 17.5 Å². The number of nitrogens with zero attached hydrogens (tertiary/aromatic N) is 1. The molecule has 0 spiro atoms. The number of likely N-dealkylation sites (N-methyl/N-ethyl adjacent to an activating group) is 1. The summed E-state index contributed by atoms with van der Waals surface area (Å²) in [6, 6.07) is 7.49. The number of rotatable bonds is 2. The average molecular weight is 211 g/mol. The lowest BCUT2D eigenvalue weighted by Gasteiger charge is -2.00. The van der Waals surface area contributed by atoms with E-state index in [0.717, 1.165) is 5.56 Å². The molecule has 1 heterocycles. The molecular weight excluding hydrogens is 200 g/mol. The van der Waals surface area contributed by atoms with Gasteiger partial charge in [-0.2, -0.15) is 0 Å². The topological polar surface area (TPSA) is 33.6 Å². The highest BCUT2D eigenvalue weighted by molar-refractivity contribution is 6.30. The maximum atomic E-state index is 5.87. The van der Waals surface area contributed by atoms with Crippen LogP contribution < -0.4 is 5.32 Å². The minimum absolute atomic E-state index is 0.0592. The van der Waals surface area contributed by atoms with Gasteiger partial charge in [-0.1, -0.05) is 17.7 Å². The summed E-state index contributed by atoms with van der Waals surface area (Å²) >= 11 is 5.87. The molecule has 0 aliphatic carbocycles. The SMILES string of the molecule is CNC1COC(c2cccc(Cl)c2)=N1. The number of hydrogen-bond donors (Lipinski definition) is 1. The fraction of sp³-hybridized carbons (Fsp3) is 0.300. The lowest BCUT2D eigenvalue weighted by atomic mass is 10.2. The molecule has 4 heteroatoms. The lowest BCUT2D eigenvalue weighted by molar-refractivity contribution is 0.305. The Labute approximate surface area is 87.7 Å². The smallest absolute Gasteiger partial charge is 0.217 e. The Morgan fingerprint density at radius 1 is 1.57 bits per heavy atom. The van der Waals surface area contributed by atoms with Crippen LogP contribution in [0.15, 0.2) is 29.3 Å². The second kappa shape index (κ2) is 3.98. The zero-order valence-corrected chi connectivity index (χ0v) is 8.58. The summed E-state index contributed by atoms with van der Waals surface area (Å²) < 4.78 is 5.43. The Balaban J connectivity index is 2.24. The zero-order chi connectivity index (χ0) is 9.97. The molecule has 1 unspecified atom stereocenters. The van der Waals surface area contributed by atoms with E-state index in [4.69, 9.17) is 16.3 Å². The van der Waals surface area contributed by atoms with Gasteiger partial charge in [-0.25, -0.2) is 4.99 Å². The molecule has 0 saturated heterocycles. The van der Waals surface area contributed by atoms with Crippen molar-refractivity contribution in [1.29, 1.82) is 0 Å². The highest BCUT2D eigenvalue weighted by Crippen LogP contribution is 2.15. The van der Waals surface area contributed by atoms with Crippen molar-refractivity contribution in [2.24, 2.45) is 4.99 Å². The van der Waals surface area contributed by atoms with Crippen LogP contribution in [0.2, 0.25) is 5.02 Å². The largest absolute Gasteiger partial charge is 0.474 e. The molecule has 0 radical (unpaired) electrons. The first-order valence-corrected chi connectivity index (χ1v) is 4.81. The first kappa shape index (κ1) is 9.49. The first-order valence-electron chi connectivity index (χ1n) is 4.43. The number of nitrogens with one attached hydrogen (secondary N) is 1. The van der Waals surface area contributed by atoms with E-state index in [9.17, 15) is 0 Å². The number of halogens is 1. The maximum Gasteiger partial charge on any atom is 0.217 e. The molecule has 0 amide bonds. The summed E-state index contributed by atoms with van der Waals surface area (Å²) in [5.41, 5.74) is 0.926. The Kier molecular flexibility index (Phi) is 2.70. The molecule has 1 aliphatic rings. The van der Waals surface area contributed by atoms with Crippen LogP contribution in [0, 0.1) is 0 Å². The number of aliphatic imine (C=N–C) groups is 1. The van der Waals surface area contributed by atoms with Gasteiger partial charge in [-0.05, 0) is 25.2 Å². The molecular formula is C10H11ClN2O. The van der Waals surface area contributed by atoms with Crippen LogP contribution in [-0.4, -0.2) is 25.7 Å². The van der Waals surface area contributed by atoms with Gasteiger partial charge in [0.1, 0.15) is 12.8 Å². The summed E-state index contributed by atoms with van der Waals surface area (Å²) in [5.74, 6) is 0.659. The van der Waals surface area contributed by atoms with Crippen molar-refractivity contribution in [3.63, 3.8) is 0 Å². The lowest BCUT2D eigenvalue weighted by Crippen LogP contribution is -2.23. The van der Waals surface area contributed by atoms with Crippen LogP contribution >= 0.6 is 11.6 Å². The predicted octanol–water partition coefficient (Wildman–Crippen LogP) is 1.66. The highest BCUT2D eigenvalue weighted by Gasteiger charge is 2.17. The summed E-state index contributed by atoms with van der Waals surface area (Å²) in [5, 5.41) is 3.73.